The van der Waals surface area contributed by atoms with Gasteiger partial charge in [-0.05, 0) is 24.6 Å². The summed E-state index contributed by atoms with van der Waals surface area (Å²) in [6, 6.07) is 7.39. The van der Waals surface area contributed by atoms with E-state index < -0.39 is 0 Å². The van der Waals surface area contributed by atoms with Gasteiger partial charge >= 0.3 is 6.03 Å². The molecule has 2 amide bonds. The molecule has 0 spiro atoms. The van der Waals surface area contributed by atoms with Gasteiger partial charge in [-0.25, -0.2) is 4.79 Å². The van der Waals surface area contributed by atoms with Crippen LogP contribution < -0.4 is 5.32 Å². The Morgan fingerprint density at radius 2 is 2.21 bits per heavy atom. The maximum atomic E-state index is 12.7. The lowest BCUT2D eigenvalue weighted by Crippen LogP contribution is -2.43. The fraction of sp³-hybridized carbons (Fsp3) is 0.471. The SMILES string of the molecule is CCC(NC(=O)N(CCOC)Cc1ccccn1)c1ccnn1C. The normalized spacial score (nSPS) is 12.0. The number of carbonyl (C=O) groups excluding carboxylic acids is 1. The molecule has 0 fully saturated rings. The molecular weight excluding hydrogens is 306 g/mol. The summed E-state index contributed by atoms with van der Waals surface area (Å²) in [5.41, 5.74) is 1.83. The lowest BCUT2D eigenvalue weighted by atomic mass is 10.1. The molecule has 130 valence electrons. The van der Waals surface area contributed by atoms with E-state index in [0.29, 0.717) is 19.7 Å². The molecule has 0 aromatic carbocycles. The Bertz CT molecular complexity index is 629. The Morgan fingerprint density at radius 3 is 2.79 bits per heavy atom. The number of nitrogens with one attached hydrogen (secondary N) is 1. The predicted molar refractivity (Wildman–Crippen MR) is 91.3 cm³/mol. The van der Waals surface area contributed by atoms with Crippen LogP contribution in [0.5, 0.6) is 0 Å². The zero-order chi connectivity index (χ0) is 17.4. The summed E-state index contributed by atoms with van der Waals surface area (Å²) in [7, 11) is 3.50. The average Bonchev–Trinajstić information content (AvgIpc) is 3.03. The number of hydrogen-bond acceptors (Lipinski definition) is 4. The highest BCUT2D eigenvalue weighted by Gasteiger charge is 2.20. The van der Waals surface area contributed by atoms with Crippen molar-refractivity contribution in [3.63, 3.8) is 0 Å². The first kappa shape index (κ1) is 17.9. The quantitative estimate of drug-likeness (QED) is 0.804. The first-order valence-corrected chi connectivity index (χ1v) is 8.07. The van der Waals surface area contributed by atoms with Gasteiger partial charge in [0.2, 0.25) is 0 Å². The lowest BCUT2D eigenvalue weighted by molar-refractivity contribution is 0.143. The van der Waals surface area contributed by atoms with Crippen molar-refractivity contribution < 1.29 is 9.53 Å². The second-order valence-electron chi connectivity index (χ2n) is 5.53. The van der Waals surface area contributed by atoms with Crippen molar-refractivity contribution >= 4 is 6.03 Å². The number of urea groups is 1. The Labute approximate surface area is 142 Å². The second kappa shape index (κ2) is 9.02. The summed E-state index contributed by atoms with van der Waals surface area (Å²) in [4.78, 5) is 18.7. The van der Waals surface area contributed by atoms with E-state index in [0.717, 1.165) is 17.8 Å². The molecule has 2 rings (SSSR count). The lowest BCUT2D eigenvalue weighted by Gasteiger charge is -2.26. The maximum Gasteiger partial charge on any atom is 0.318 e. The van der Waals surface area contributed by atoms with Crippen molar-refractivity contribution in [2.45, 2.75) is 25.9 Å². The molecule has 1 atom stereocenters. The van der Waals surface area contributed by atoms with E-state index in [1.807, 2.05) is 38.2 Å². The van der Waals surface area contributed by atoms with Crippen LogP contribution in [0.3, 0.4) is 0 Å². The molecule has 0 radical (unpaired) electrons. The van der Waals surface area contributed by atoms with Gasteiger partial charge in [0.25, 0.3) is 0 Å². The fourth-order valence-electron chi connectivity index (χ4n) is 2.49. The molecule has 0 aliphatic rings. The van der Waals surface area contributed by atoms with Crippen molar-refractivity contribution in [2.75, 3.05) is 20.3 Å². The van der Waals surface area contributed by atoms with Gasteiger partial charge in [-0.1, -0.05) is 13.0 Å². The number of carbonyl (C=O) groups is 1. The topological polar surface area (TPSA) is 72.3 Å². The molecule has 0 aliphatic heterocycles. The molecular formula is C17H25N5O2. The van der Waals surface area contributed by atoms with Crippen LogP contribution in [-0.2, 0) is 18.3 Å². The van der Waals surface area contributed by atoms with Crippen molar-refractivity contribution in [3.8, 4) is 0 Å². The van der Waals surface area contributed by atoms with Crippen LogP contribution in [0.1, 0.15) is 30.8 Å². The fourth-order valence-corrected chi connectivity index (χ4v) is 2.49. The minimum Gasteiger partial charge on any atom is -0.383 e. The molecule has 7 nitrogen and oxygen atoms in total. The van der Waals surface area contributed by atoms with Crippen LogP contribution in [0.2, 0.25) is 0 Å². The summed E-state index contributed by atoms with van der Waals surface area (Å²) in [6.45, 7) is 3.46. The smallest absolute Gasteiger partial charge is 0.318 e. The Morgan fingerprint density at radius 1 is 1.38 bits per heavy atom. The van der Waals surface area contributed by atoms with Gasteiger partial charge < -0.3 is 15.0 Å². The third-order valence-corrected chi connectivity index (χ3v) is 3.85. The van der Waals surface area contributed by atoms with Crippen molar-refractivity contribution in [3.05, 3.63) is 48.0 Å². The Hall–Kier alpha value is -2.41. The van der Waals surface area contributed by atoms with Crippen molar-refractivity contribution in [2.24, 2.45) is 7.05 Å². The molecule has 0 bridgehead atoms. The molecule has 1 unspecified atom stereocenters. The molecule has 2 aromatic heterocycles. The van der Waals surface area contributed by atoms with E-state index in [2.05, 4.69) is 15.4 Å². The van der Waals surface area contributed by atoms with Crippen LogP contribution in [-0.4, -0.2) is 46.0 Å². The molecule has 2 heterocycles. The van der Waals surface area contributed by atoms with Crippen LogP contribution >= 0.6 is 0 Å². The average molecular weight is 331 g/mol. The van der Waals surface area contributed by atoms with Gasteiger partial charge in [-0.3, -0.25) is 9.67 Å². The van der Waals surface area contributed by atoms with Crippen LogP contribution in [0.15, 0.2) is 36.7 Å². The zero-order valence-corrected chi connectivity index (χ0v) is 14.5. The Kier molecular flexibility index (Phi) is 6.74. The molecule has 1 N–H and O–H groups in total. The molecule has 0 aliphatic carbocycles. The van der Waals surface area contributed by atoms with Gasteiger partial charge in [0.05, 0.1) is 30.6 Å². The minimum absolute atomic E-state index is 0.0845. The highest BCUT2D eigenvalue weighted by Crippen LogP contribution is 2.16. The number of amides is 2. The zero-order valence-electron chi connectivity index (χ0n) is 14.5. The third kappa shape index (κ3) is 4.79. The number of hydrogen-bond donors (Lipinski definition) is 1. The summed E-state index contributed by atoms with van der Waals surface area (Å²) in [5, 5.41) is 7.26. The van der Waals surface area contributed by atoms with E-state index in [-0.39, 0.29) is 12.1 Å². The number of aromatic nitrogens is 3. The van der Waals surface area contributed by atoms with E-state index in [1.165, 1.54) is 0 Å². The van der Waals surface area contributed by atoms with E-state index in [4.69, 9.17) is 4.74 Å². The molecule has 2 aromatic rings. The van der Waals surface area contributed by atoms with Gasteiger partial charge in [-0.15, -0.1) is 0 Å². The highest BCUT2D eigenvalue weighted by atomic mass is 16.5. The van der Waals surface area contributed by atoms with Crippen LogP contribution in [0, 0.1) is 0 Å². The van der Waals surface area contributed by atoms with E-state index in [1.54, 1.807) is 29.1 Å². The summed E-state index contributed by atoms with van der Waals surface area (Å²) in [5.74, 6) is 0. The van der Waals surface area contributed by atoms with Gasteiger partial charge in [0.1, 0.15) is 0 Å². The minimum atomic E-state index is -0.134. The monoisotopic (exact) mass is 331 g/mol. The second-order valence-corrected chi connectivity index (χ2v) is 5.53. The largest absolute Gasteiger partial charge is 0.383 e. The third-order valence-electron chi connectivity index (χ3n) is 3.85. The maximum absolute atomic E-state index is 12.7. The molecule has 0 saturated heterocycles. The molecule has 0 saturated carbocycles. The number of aryl methyl sites for hydroxylation is 1. The highest BCUT2D eigenvalue weighted by molar-refractivity contribution is 5.74. The standard InChI is InChI=1S/C17H25N5O2/c1-4-15(16-8-10-19-21(16)2)20-17(23)22(11-12-24-3)13-14-7-5-6-9-18-14/h5-10,15H,4,11-13H2,1-3H3,(H,20,23). The van der Waals surface area contributed by atoms with E-state index >= 15 is 0 Å². The van der Waals surface area contributed by atoms with Crippen LogP contribution in [0.4, 0.5) is 4.79 Å². The predicted octanol–water partition coefficient (Wildman–Crippen LogP) is 2.12. The number of rotatable bonds is 8. The molecule has 24 heavy (non-hydrogen) atoms. The number of ether oxygens (including phenoxy) is 1. The van der Waals surface area contributed by atoms with Crippen LogP contribution in [0.25, 0.3) is 0 Å². The first-order chi connectivity index (χ1) is 11.7. The number of nitrogens with zero attached hydrogens (tertiary/aromatic N) is 4. The van der Waals surface area contributed by atoms with Gasteiger partial charge in [0.15, 0.2) is 0 Å². The van der Waals surface area contributed by atoms with Crippen molar-refractivity contribution in [1.29, 1.82) is 0 Å². The number of pyridine rings is 1. The van der Waals surface area contributed by atoms with Gasteiger partial charge in [-0.2, -0.15) is 5.10 Å². The number of methoxy groups -OCH3 is 1. The summed E-state index contributed by atoms with van der Waals surface area (Å²) in [6.07, 6.45) is 4.25. The van der Waals surface area contributed by atoms with Crippen molar-refractivity contribution in [1.82, 2.24) is 25.0 Å². The first-order valence-electron chi connectivity index (χ1n) is 8.07. The van der Waals surface area contributed by atoms with E-state index in [9.17, 15) is 4.79 Å². The molecule has 7 heteroatoms. The Balaban J connectivity index is 2.07. The van der Waals surface area contributed by atoms with Gasteiger partial charge in [0, 0.05) is 33.1 Å². The summed E-state index contributed by atoms with van der Waals surface area (Å²) < 4.78 is 6.91. The summed E-state index contributed by atoms with van der Waals surface area (Å²) >= 11 is 0.